The van der Waals surface area contributed by atoms with Crippen LogP contribution in [0.1, 0.15) is 11.5 Å². The molecule has 0 aliphatic heterocycles. The summed E-state index contributed by atoms with van der Waals surface area (Å²) in [4.78, 5) is 8.40. The van der Waals surface area contributed by atoms with Crippen molar-refractivity contribution in [2.24, 2.45) is 0 Å². The number of aromatic nitrogens is 4. The molecule has 15 heavy (non-hydrogen) atoms. The Morgan fingerprint density at radius 3 is 2.87 bits per heavy atom. The van der Waals surface area contributed by atoms with Gasteiger partial charge in [-0.05, 0) is 22.9 Å². The third-order valence-corrected chi connectivity index (χ3v) is 2.23. The maximum Gasteiger partial charge on any atom is 0.152 e. The van der Waals surface area contributed by atoms with Crippen LogP contribution in [0.2, 0.25) is 0 Å². The van der Waals surface area contributed by atoms with E-state index in [4.69, 9.17) is 5.73 Å². The lowest BCUT2D eigenvalue weighted by atomic mass is 10.4. The molecule has 2 N–H and O–H groups in total. The number of nitrogens with two attached hydrogens (primary N) is 1. The van der Waals surface area contributed by atoms with E-state index >= 15 is 0 Å². The van der Waals surface area contributed by atoms with Crippen molar-refractivity contribution in [3.63, 3.8) is 0 Å². The molecule has 0 unspecified atom stereocenters. The maximum absolute atomic E-state index is 5.63. The molecule has 0 saturated heterocycles. The lowest BCUT2D eigenvalue weighted by molar-refractivity contribution is 0.653. The van der Waals surface area contributed by atoms with Gasteiger partial charge in [0, 0.05) is 18.0 Å². The van der Waals surface area contributed by atoms with Gasteiger partial charge < -0.3 is 5.73 Å². The Morgan fingerprint density at radius 1 is 1.47 bits per heavy atom. The first-order valence-corrected chi connectivity index (χ1v) is 5.21. The SMILES string of the molecule is Cc1cc(N)nc(Cn2cc(Br)cn2)n1. The molecule has 0 radical (unpaired) electrons. The smallest absolute Gasteiger partial charge is 0.152 e. The van der Waals surface area contributed by atoms with Crippen LogP contribution in [0, 0.1) is 6.92 Å². The summed E-state index contributed by atoms with van der Waals surface area (Å²) < 4.78 is 2.68. The minimum Gasteiger partial charge on any atom is -0.384 e. The van der Waals surface area contributed by atoms with Crippen molar-refractivity contribution in [1.82, 2.24) is 19.7 Å². The van der Waals surface area contributed by atoms with E-state index in [0.717, 1.165) is 10.2 Å². The molecular weight excluding hydrogens is 258 g/mol. The van der Waals surface area contributed by atoms with E-state index in [-0.39, 0.29) is 0 Å². The zero-order valence-corrected chi connectivity index (χ0v) is 9.77. The summed E-state index contributed by atoms with van der Waals surface area (Å²) in [6.07, 6.45) is 3.58. The van der Waals surface area contributed by atoms with Crippen LogP contribution in [0.3, 0.4) is 0 Å². The summed E-state index contributed by atoms with van der Waals surface area (Å²) in [7, 11) is 0. The third-order valence-electron chi connectivity index (χ3n) is 1.83. The number of nitrogen functional groups attached to an aromatic ring is 1. The van der Waals surface area contributed by atoms with Gasteiger partial charge in [-0.1, -0.05) is 0 Å². The van der Waals surface area contributed by atoms with E-state index in [2.05, 4.69) is 31.0 Å². The number of aryl methyl sites for hydroxylation is 1. The van der Waals surface area contributed by atoms with Gasteiger partial charge in [-0.2, -0.15) is 5.10 Å². The van der Waals surface area contributed by atoms with Gasteiger partial charge in [0.1, 0.15) is 12.4 Å². The van der Waals surface area contributed by atoms with Crippen LogP contribution in [0.15, 0.2) is 22.9 Å². The molecule has 2 heterocycles. The van der Waals surface area contributed by atoms with Gasteiger partial charge in [0.05, 0.1) is 10.7 Å². The Balaban J connectivity index is 2.24. The second kappa shape index (κ2) is 3.98. The molecule has 2 aromatic heterocycles. The van der Waals surface area contributed by atoms with Gasteiger partial charge in [-0.3, -0.25) is 4.68 Å². The predicted molar refractivity (Wildman–Crippen MR) is 60.2 cm³/mol. The first kappa shape index (κ1) is 10.1. The lowest BCUT2D eigenvalue weighted by Crippen LogP contribution is -2.07. The minimum absolute atomic E-state index is 0.490. The fourth-order valence-corrected chi connectivity index (χ4v) is 1.62. The van der Waals surface area contributed by atoms with Crippen molar-refractivity contribution in [3.05, 3.63) is 34.5 Å². The quantitative estimate of drug-likeness (QED) is 0.893. The number of anilines is 1. The summed E-state index contributed by atoms with van der Waals surface area (Å²) in [5.41, 5.74) is 6.49. The molecule has 0 aromatic carbocycles. The van der Waals surface area contributed by atoms with Gasteiger partial charge in [0.2, 0.25) is 0 Å². The van der Waals surface area contributed by atoms with Crippen molar-refractivity contribution in [2.45, 2.75) is 13.5 Å². The van der Waals surface area contributed by atoms with Gasteiger partial charge in [0.25, 0.3) is 0 Å². The lowest BCUT2D eigenvalue weighted by Gasteiger charge is -2.02. The van der Waals surface area contributed by atoms with E-state index in [1.165, 1.54) is 0 Å². The van der Waals surface area contributed by atoms with Crippen molar-refractivity contribution >= 4 is 21.7 Å². The summed E-state index contributed by atoms with van der Waals surface area (Å²) in [5, 5.41) is 4.12. The van der Waals surface area contributed by atoms with E-state index in [1.807, 2.05) is 13.1 Å². The highest BCUT2D eigenvalue weighted by molar-refractivity contribution is 9.10. The third kappa shape index (κ3) is 2.53. The van der Waals surface area contributed by atoms with Crippen LogP contribution in [0.5, 0.6) is 0 Å². The van der Waals surface area contributed by atoms with Crippen molar-refractivity contribution < 1.29 is 0 Å². The van der Waals surface area contributed by atoms with Gasteiger partial charge >= 0.3 is 0 Å². The maximum atomic E-state index is 5.63. The van der Waals surface area contributed by atoms with Crippen LogP contribution in [-0.2, 0) is 6.54 Å². The summed E-state index contributed by atoms with van der Waals surface area (Å²) in [5.74, 6) is 1.16. The number of hydrogen-bond donors (Lipinski definition) is 1. The molecule has 0 saturated carbocycles. The fraction of sp³-hybridized carbons (Fsp3) is 0.222. The molecule has 0 atom stereocenters. The van der Waals surface area contributed by atoms with Crippen molar-refractivity contribution in [2.75, 3.05) is 5.73 Å². The Kier molecular flexibility index (Phi) is 2.68. The van der Waals surface area contributed by atoms with Crippen molar-refractivity contribution in [3.8, 4) is 0 Å². The van der Waals surface area contributed by atoms with Gasteiger partial charge in [0.15, 0.2) is 5.82 Å². The summed E-state index contributed by atoms with van der Waals surface area (Å²) in [6, 6.07) is 1.74. The Labute approximate surface area is 95.5 Å². The highest BCUT2D eigenvalue weighted by atomic mass is 79.9. The average molecular weight is 268 g/mol. The minimum atomic E-state index is 0.490. The molecule has 6 heteroatoms. The van der Waals surface area contributed by atoms with E-state index in [9.17, 15) is 0 Å². The zero-order chi connectivity index (χ0) is 10.8. The van der Waals surface area contributed by atoms with E-state index < -0.39 is 0 Å². The van der Waals surface area contributed by atoms with Gasteiger partial charge in [-0.15, -0.1) is 0 Å². The molecule has 0 fully saturated rings. The predicted octanol–water partition coefficient (Wildman–Crippen LogP) is 1.37. The first-order valence-electron chi connectivity index (χ1n) is 4.41. The molecule has 2 rings (SSSR count). The van der Waals surface area contributed by atoms with Crippen LogP contribution in [-0.4, -0.2) is 19.7 Å². The topological polar surface area (TPSA) is 69.6 Å². The van der Waals surface area contributed by atoms with E-state index in [1.54, 1.807) is 16.9 Å². The van der Waals surface area contributed by atoms with Crippen molar-refractivity contribution in [1.29, 1.82) is 0 Å². The van der Waals surface area contributed by atoms with Crippen LogP contribution in [0.25, 0.3) is 0 Å². The molecule has 0 aliphatic carbocycles. The van der Waals surface area contributed by atoms with E-state index in [0.29, 0.717) is 18.2 Å². The highest BCUT2D eigenvalue weighted by Crippen LogP contribution is 2.08. The number of hydrogen-bond acceptors (Lipinski definition) is 4. The number of halogens is 1. The first-order chi connectivity index (χ1) is 7.13. The Morgan fingerprint density at radius 2 is 2.27 bits per heavy atom. The second-order valence-electron chi connectivity index (χ2n) is 3.21. The van der Waals surface area contributed by atoms with Crippen LogP contribution >= 0.6 is 15.9 Å². The number of nitrogens with zero attached hydrogens (tertiary/aromatic N) is 4. The summed E-state index contributed by atoms with van der Waals surface area (Å²) in [6.45, 7) is 2.41. The molecule has 78 valence electrons. The fourth-order valence-electron chi connectivity index (χ4n) is 1.30. The molecule has 0 spiro atoms. The molecular formula is C9H10BrN5. The molecule has 0 aliphatic rings. The highest BCUT2D eigenvalue weighted by Gasteiger charge is 2.02. The molecule has 5 nitrogen and oxygen atoms in total. The van der Waals surface area contributed by atoms with Crippen LogP contribution in [0.4, 0.5) is 5.82 Å². The normalized spacial score (nSPS) is 10.5. The number of rotatable bonds is 2. The monoisotopic (exact) mass is 267 g/mol. The molecule has 2 aromatic rings. The largest absolute Gasteiger partial charge is 0.384 e. The Bertz CT molecular complexity index is 459. The van der Waals surface area contributed by atoms with Gasteiger partial charge in [-0.25, -0.2) is 9.97 Å². The second-order valence-corrected chi connectivity index (χ2v) is 4.12. The molecule has 0 amide bonds. The zero-order valence-electron chi connectivity index (χ0n) is 8.18. The standard InChI is InChI=1S/C9H10BrN5/c1-6-2-8(11)14-9(13-6)5-15-4-7(10)3-12-15/h2-4H,5H2,1H3,(H2,11,13,14). The Hall–Kier alpha value is -1.43. The van der Waals surface area contributed by atoms with Crippen LogP contribution < -0.4 is 5.73 Å². The molecule has 0 bridgehead atoms. The average Bonchev–Trinajstić information content (AvgIpc) is 2.49. The summed E-state index contributed by atoms with van der Waals surface area (Å²) >= 11 is 3.33.